The fourth-order valence-corrected chi connectivity index (χ4v) is 3.04. The van der Waals surface area contributed by atoms with Crippen molar-refractivity contribution in [2.75, 3.05) is 6.26 Å². The van der Waals surface area contributed by atoms with E-state index in [0.717, 1.165) is 16.4 Å². The quantitative estimate of drug-likeness (QED) is 0.335. The number of rotatable bonds is 6. The predicted molar refractivity (Wildman–Crippen MR) is 117 cm³/mol. The van der Waals surface area contributed by atoms with Gasteiger partial charge in [0.2, 0.25) is 0 Å². The van der Waals surface area contributed by atoms with E-state index in [9.17, 15) is 0 Å². The van der Waals surface area contributed by atoms with Gasteiger partial charge >= 0.3 is 0 Å². The maximum Gasteiger partial charge on any atom is 0.143 e. The van der Waals surface area contributed by atoms with Crippen LogP contribution < -0.4 is 0 Å². The van der Waals surface area contributed by atoms with Crippen LogP contribution in [0.1, 0.15) is 63.4 Å². The summed E-state index contributed by atoms with van der Waals surface area (Å²) < 4.78 is 2.17. The lowest BCUT2D eigenvalue weighted by molar-refractivity contribution is 0.802. The first-order valence-electron chi connectivity index (χ1n) is 8.97. The lowest BCUT2D eigenvalue weighted by atomic mass is 9.92. The SMILES string of the molecule is C=C(/C=C/N=C(/C)SC)c1nccn1-c1c(C(C)C)cccc1C(C)C. The molecule has 26 heavy (non-hydrogen) atoms. The lowest BCUT2D eigenvalue weighted by Gasteiger charge is -2.21. The maximum absolute atomic E-state index is 4.57. The van der Waals surface area contributed by atoms with Crippen LogP contribution in [0.3, 0.4) is 0 Å². The average Bonchev–Trinajstić information content (AvgIpc) is 3.09. The molecule has 0 N–H and O–H groups in total. The number of benzene rings is 1. The van der Waals surface area contributed by atoms with E-state index in [4.69, 9.17) is 0 Å². The largest absolute Gasteiger partial charge is 0.299 e. The molecular formula is C22H29N3S. The molecule has 2 rings (SSSR count). The Balaban J connectivity index is 2.53. The van der Waals surface area contributed by atoms with E-state index in [-0.39, 0.29) is 0 Å². The van der Waals surface area contributed by atoms with Crippen LogP contribution in [0.15, 0.2) is 54.4 Å². The molecule has 0 fully saturated rings. The summed E-state index contributed by atoms with van der Waals surface area (Å²) in [6.07, 6.45) is 9.60. The number of hydrogen-bond acceptors (Lipinski definition) is 3. The molecule has 1 heterocycles. The van der Waals surface area contributed by atoms with Gasteiger partial charge in [-0.1, -0.05) is 52.5 Å². The molecule has 4 heteroatoms. The minimum absolute atomic E-state index is 0.427. The van der Waals surface area contributed by atoms with Crippen molar-refractivity contribution in [1.82, 2.24) is 9.55 Å². The lowest BCUT2D eigenvalue weighted by Crippen LogP contribution is -2.08. The molecule has 0 saturated carbocycles. The van der Waals surface area contributed by atoms with Crippen LogP contribution in [0.5, 0.6) is 0 Å². The van der Waals surface area contributed by atoms with Crippen LogP contribution in [0.4, 0.5) is 0 Å². The summed E-state index contributed by atoms with van der Waals surface area (Å²) in [5.41, 5.74) is 4.72. The zero-order chi connectivity index (χ0) is 19.3. The number of aromatic nitrogens is 2. The fourth-order valence-electron chi connectivity index (χ4n) is 2.87. The van der Waals surface area contributed by atoms with Gasteiger partial charge in [-0.15, -0.1) is 11.8 Å². The topological polar surface area (TPSA) is 30.2 Å². The summed E-state index contributed by atoms with van der Waals surface area (Å²) in [6, 6.07) is 6.57. The molecule has 0 bridgehead atoms. The Morgan fingerprint density at radius 3 is 2.35 bits per heavy atom. The highest BCUT2D eigenvalue weighted by Crippen LogP contribution is 2.32. The molecule has 138 valence electrons. The van der Waals surface area contributed by atoms with Crippen molar-refractivity contribution in [1.29, 1.82) is 0 Å². The zero-order valence-corrected chi connectivity index (χ0v) is 17.5. The molecular weight excluding hydrogens is 338 g/mol. The molecule has 2 aromatic rings. The van der Waals surface area contributed by atoms with Crippen LogP contribution in [-0.2, 0) is 0 Å². The number of allylic oxidation sites excluding steroid dienone is 2. The summed E-state index contributed by atoms with van der Waals surface area (Å²) in [5, 5.41) is 1.02. The number of nitrogens with zero attached hydrogens (tertiary/aromatic N) is 3. The van der Waals surface area contributed by atoms with Crippen LogP contribution in [-0.4, -0.2) is 20.9 Å². The minimum atomic E-state index is 0.427. The monoisotopic (exact) mass is 367 g/mol. The third-order valence-electron chi connectivity index (χ3n) is 4.34. The second-order valence-electron chi connectivity index (χ2n) is 6.91. The van der Waals surface area contributed by atoms with Crippen LogP contribution in [0.25, 0.3) is 11.3 Å². The average molecular weight is 368 g/mol. The van der Waals surface area contributed by atoms with E-state index in [0.29, 0.717) is 11.8 Å². The van der Waals surface area contributed by atoms with Gasteiger partial charge in [0.1, 0.15) is 5.82 Å². The highest BCUT2D eigenvalue weighted by molar-refractivity contribution is 8.13. The zero-order valence-electron chi connectivity index (χ0n) is 16.7. The summed E-state index contributed by atoms with van der Waals surface area (Å²) in [4.78, 5) is 8.96. The van der Waals surface area contributed by atoms with Gasteiger partial charge in [0, 0.05) is 24.2 Å². The number of para-hydroxylation sites is 1. The van der Waals surface area contributed by atoms with Crippen LogP contribution in [0.2, 0.25) is 0 Å². The summed E-state index contributed by atoms with van der Waals surface area (Å²) in [7, 11) is 0. The molecule has 3 nitrogen and oxygen atoms in total. The highest BCUT2D eigenvalue weighted by atomic mass is 32.2. The van der Waals surface area contributed by atoms with Gasteiger partial charge in [-0.2, -0.15) is 0 Å². The number of thioether (sulfide) groups is 1. The second kappa shape index (κ2) is 9.04. The minimum Gasteiger partial charge on any atom is -0.299 e. The van der Waals surface area contributed by atoms with Crippen molar-refractivity contribution < 1.29 is 0 Å². The van der Waals surface area contributed by atoms with Gasteiger partial charge in [-0.25, -0.2) is 4.98 Å². The Kier molecular flexibility index (Phi) is 7.04. The molecule has 1 aromatic carbocycles. The summed E-state index contributed by atoms with van der Waals surface area (Å²) >= 11 is 1.63. The second-order valence-corrected chi connectivity index (χ2v) is 7.91. The Morgan fingerprint density at radius 2 is 1.81 bits per heavy atom. The maximum atomic E-state index is 4.57. The predicted octanol–water partition coefficient (Wildman–Crippen LogP) is 6.43. The Labute approximate surface area is 162 Å². The van der Waals surface area contributed by atoms with Crippen molar-refractivity contribution in [3.63, 3.8) is 0 Å². The van der Waals surface area contributed by atoms with Crippen LogP contribution >= 0.6 is 11.8 Å². The highest BCUT2D eigenvalue weighted by Gasteiger charge is 2.18. The van der Waals surface area contributed by atoms with Crippen LogP contribution in [0, 0.1) is 0 Å². The Morgan fingerprint density at radius 1 is 1.19 bits per heavy atom. The third kappa shape index (κ3) is 4.55. The number of aliphatic imine (C=N–C) groups is 1. The van der Waals surface area contributed by atoms with Crippen molar-refractivity contribution in [2.45, 2.75) is 46.5 Å². The molecule has 0 unspecified atom stereocenters. The smallest absolute Gasteiger partial charge is 0.143 e. The molecule has 0 saturated heterocycles. The Bertz CT molecular complexity index is 799. The summed E-state index contributed by atoms with van der Waals surface area (Å²) in [5.74, 6) is 1.71. The van der Waals surface area contributed by atoms with Crippen molar-refractivity contribution >= 4 is 22.4 Å². The van der Waals surface area contributed by atoms with E-state index in [1.807, 2.05) is 31.6 Å². The molecule has 0 radical (unpaired) electrons. The van der Waals surface area contributed by atoms with Gasteiger partial charge in [0.15, 0.2) is 0 Å². The van der Waals surface area contributed by atoms with Crippen molar-refractivity contribution in [3.05, 3.63) is 66.4 Å². The molecule has 0 spiro atoms. The van der Waals surface area contributed by atoms with Crippen molar-refractivity contribution in [3.8, 4) is 5.69 Å². The van der Waals surface area contributed by atoms with E-state index >= 15 is 0 Å². The molecule has 0 aliphatic carbocycles. The van der Waals surface area contributed by atoms with Gasteiger partial charge in [0.25, 0.3) is 0 Å². The van der Waals surface area contributed by atoms with E-state index < -0.39 is 0 Å². The normalized spacial score (nSPS) is 12.5. The van der Waals surface area contributed by atoms with Crippen molar-refractivity contribution in [2.24, 2.45) is 4.99 Å². The third-order valence-corrected chi connectivity index (χ3v) is 5.04. The first-order chi connectivity index (χ1) is 12.4. The van der Waals surface area contributed by atoms with Gasteiger partial charge < -0.3 is 0 Å². The molecule has 0 aliphatic rings. The summed E-state index contributed by atoms with van der Waals surface area (Å²) in [6.45, 7) is 15.1. The fraction of sp³-hybridized carbons (Fsp3) is 0.364. The molecule has 1 aromatic heterocycles. The van der Waals surface area contributed by atoms with E-state index in [1.165, 1.54) is 16.8 Å². The van der Waals surface area contributed by atoms with Gasteiger partial charge in [-0.3, -0.25) is 9.56 Å². The first-order valence-corrected chi connectivity index (χ1v) is 10.2. The standard InChI is InChI=1S/C22H29N3S/c1-15(2)19-9-8-10-20(16(3)4)21(19)25-14-13-24-22(25)17(5)11-12-23-18(6)26-7/h8-16H,5H2,1-4,6-7H3/b12-11+,23-18-. The van der Waals surface area contributed by atoms with Gasteiger partial charge in [0.05, 0.1) is 10.7 Å². The van der Waals surface area contributed by atoms with E-state index in [2.05, 4.69) is 67.0 Å². The molecule has 0 atom stereocenters. The Hall–Kier alpha value is -2.07. The van der Waals surface area contributed by atoms with Gasteiger partial charge in [-0.05, 0) is 42.2 Å². The number of imidazole rings is 1. The molecule has 0 aliphatic heterocycles. The molecule has 0 amide bonds. The first kappa shape index (κ1) is 20.2. The van der Waals surface area contributed by atoms with E-state index in [1.54, 1.807) is 18.0 Å². The number of hydrogen-bond donors (Lipinski definition) is 0.